The topological polar surface area (TPSA) is 35.5 Å². The van der Waals surface area contributed by atoms with Gasteiger partial charge in [-0.2, -0.15) is 0 Å². The number of carbonyl (C=O) groups is 1. The van der Waals surface area contributed by atoms with Gasteiger partial charge in [-0.3, -0.25) is 0 Å². The predicted octanol–water partition coefficient (Wildman–Crippen LogP) is 4.30. The molecular weight excluding hydrogens is 312 g/mol. The summed E-state index contributed by atoms with van der Waals surface area (Å²) in [6.45, 7) is 4.10. The van der Waals surface area contributed by atoms with Crippen molar-refractivity contribution in [1.82, 2.24) is 0 Å². The lowest BCUT2D eigenvalue weighted by molar-refractivity contribution is -0.0419. The van der Waals surface area contributed by atoms with Gasteiger partial charge < -0.3 is 9.47 Å². The number of hydrogen-bond donors (Lipinski definition) is 0. The molecule has 0 N–H and O–H groups in total. The SMILES string of the molecule is CC1=CC2C(C=C1)Oc1cc(C)ccc1C21OC(=O)c2ccccc21. The highest BCUT2D eigenvalue weighted by atomic mass is 16.6. The Kier molecular flexibility index (Phi) is 2.82. The van der Waals surface area contributed by atoms with Gasteiger partial charge in [0.1, 0.15) is 11.9 Å². The maximum atomic E-state index is 12.7. The van der Waals surface area contributed by atoms with Crippen LogP contribution in [0.4, 0.5) is 0 Å². The molecule has 2 aliphatic heterocycles. The van der Waals surface area contributed by atoms with E-state index in [0.717, 1.165) is 28.0 Å². The Hall–Kier alpha value is -2.81. The molecule has 3 unspecified atom stereocenters. The van der Waals surface area contributed by atoms with Gasteiger partial charge in [-0.25, -0.2) is 4.79 Å². The average Bonchev–Trinajstić information content (AvgIpc) is 2.90. The number of fused-ring (bicyclic) bond motifs is 6. The van der Waals surface area contributed by atoms with Crippen molar-refractivity contribution in [3.05, 3.63) is 88.5 Å². The molecule has 2 aromatic rings. The summed E-state index contributed by atoms with van der Waals surface area (Å²) in [5, 5.41) is 0. The first-order chi connectivity index (χ1) is 12.1. The van der Waals surface area contributed by atoms with Crippen LogP contribution in [0.5, 0.6) is 5.75 Å². The fraction of sp³-hybridized carbons (Fsp3) is 0.227. The Balaban J connectivity index is 1.85. The highest BCUT2D eigenvalue weighted by molar-refractivity contribution is 5.96. The van der Waals surface area contributed by atoms with Gasteiger partial charge >= 0.3 is 5.97 Å². The number of allylic oxidation sites excluding steroid dienone is 2. The summed E-state index contributed by atoms with van der Waals surface area (Å²) in [5.74, 6) is 0.451. The predicted molar refractivity (Wildman–Crippen MR) is 94.6 cm³/mol. The van der Waals surface area contributed by atoms with E-state index >= 15 is 0 Å². The van der Waals surface area contributed by atoms with E-state index in [1.165, 1.54) is 0 Å². The van der Waals surface area contributed by atoms with Crippen LogP contribution in [0.25, 0.3) is 0 Å². The van der Waals surface area contributed by atoms with Crippen molar-refractivity contribution < 1.29 is 14.3 Å². The molecule has 3 heteroatoms. The standard InChI is InChI=1S/C22H18O3/c1-13-8-10-19-18(11-13)22(17-9-7-14(2)12-20(17)24-19)16-6-4-3-5-15(16)21(23)25-22/h3-12,18-19H,1-2H3. The number of ether oxygens (including phenoxy) is 2. The summed E-state index contributed by atoms with van der Waals surface area (Å²) in [6, 6.07) is 13.8. The van der Waals surface area contributed by atoms with Crippen molar-refractivity contribution >= 4 is 5.97 Å². The molecule has 0 bridgehead atoms. The highest BCUT2D eigenvalue weighted by Crippen LogP contribution is 2.55. The van der Waals surface area contributed by atoms with Gasteiger partial charge in [0.05, 0.1) is 11.5 Å². The van der Waals surface area contributed by atoms with Gasteiger partial charge in [-0.15, -0.1) is 0 Å². The van der Waals surface area contributed by atoms with Crippen molar-refractivity contribution in [1.29, 1.82) is 0 Å². The summed E-state index contributed by atoms with van der Waals surface area (Å²) in [6.07, 6.45) is 6.15. The van der Waals surface area contributed by atoms with Crippen LogP contribution < -0.4 is 4.74 Å². The molecule has 0 radical (unpaired) electrons. The van der Waals surface area contributed by atoms with Crippen LogP contribution >= 0.6 is 0 Å². The molecule has 3 aliphatic rings. The Morgan fingerprint density at radius 1 is 1.04 bits per heavy atom. The van der Waals surface area contributed by atoms with E-state index in [1.807, 2.05) is 49.4 Å². The molecule has 0 saturated carbocycles. The van der Waals surface area contributed by atoms with Crippen LogP contribution in [0.15, 0.2) is 66.3 Å². The summed E-state index contributed by atoms with van der Waals surface area (Å²) in [7, 11) is 0. The van der Waals surface area contributed by atoms with Crippen LogP contribution in [0, 0.1) is 12.8 Å². The molecule has 25 heavy (non-hydrogen) atoms. The van der Waals surface area contributed by atoms with Gasteiger partial charge in [-0.1, -0.05) is 48.1 Å². The van der Waals surface area contributed by atoms with Gasteiger partial charge in [0.15, 0.2) is 5.60 Å². The molecule has 5 rings (SSSR count). The number of hydrogen-bond acceptors (Lipinski definition) is 3. The van der Waals surface area contributed by atoms with Gasteiger partial charge in [-0.05, 0) is 37.6 Å². The Labute approximate surface area is 146 Å². The molecule has 0 amide bonds. The van der Waals surface area contributed by atoms with E-state index in [9.17, 15) is 4.79 Å². The van der Waals surface area contributed by atoms with Gasteiger partial charge in [0.2, 0.25) is 0 Å². The van der Waals surface area contributed by atoms with Crippen LogP contribution in [0.2, 0.25) is 0 Å². The van der Waals surface area contributed by atoms with Crippen molar-refractivity contribution in [2.75, 3.05) is 0 Å². The molecule has 124 valence electrons. The lowest BCUT2D eigenvalue weighted by Crippen LogP contribution is -2.48. The van der Waals surface area contributed by atoms with Gasteiger partial charge in [0, 0.05) is 11.1 Å². The zero-order valence-electron chi connectivity index (χ0n) is 14.2. The first-order valence-corrected chi connectivity index (χ1v) is 8.57. The molecule has 0 saturated heterocycles. The number of esters is 1. The van der Waals surface area contributed by atoms with E-state index < -0.39 is 5.60 Å². The normalized spacial score (nSPS) is 28.6. The Bertz CT molecular complexity index is 969. The first-order valence-electron chi connectivity index (χ1n) is 8.57. The number of rotatable bonds is 0. The van der Waals surface area contributed by atoms with Crippen molar-refractivity contribution in [3.8, 4) is 5.75 Å². The molecular formula is C22H18O3. The molecule has 0 aromatic heterocycles. The molecule has 0 fully saturated rings. The fourth-order valence-corrected chi connectivity index (χ4v) is 4.31. The monoisotopic (exact) mass is 330 g/mol. The molecule has 3 nitrogen and oxygen atoms in total. The summed E-state index contributed by atoms with van der Waals surface area (Å²) < 4.78 is 12.4. The Morgan fingerprint density at radius 2 is 1.88 bits per heavy atom. The number of benzene rings is 2. The Morgan fingerprint density at radius 3 is 2.76 bits per heavy atom. The summed E-state index contributed by atoms with van der Waals surface area (Å²) >= 11 is 0. The van der Waals surface area contributed by atoms with E-state index in [0.29, 0.717) is 5.56 Å². The molecule has 1 aliphatic carbocycles. The third-order valence-electron chi connectivity index (χ3n) is 5.42. The summed E-state index contributed by atoms with van der Waals surface area (Å²) in [5.41, 5.74) is 3.96. The van der Waals surface area contributed by atoms with Crippen molar-refractivity contribution in [3.63, 3.8) is 0 Å². The maximum absolute atomic E-state index is 12.7. The zero-order valence-corrected chi connectivity index (χ0v) is 14.2. The van der Waals surface area contributed by atoms with Crippen LogP contribution in [-0.2, 0) is 10.3 Å². The van der Waals surface area contributed by atoms with Crippen LogP contribution in [0.1, 0.15) is 34.0 Å². The second-order valence-corrected chi connectivity index (χ2v) is 7.05. The third-order valence-corrected chi connectivity index (χ3v) is 5.42. The van der Waals surface area contributed by atoms with Crippen LogP contribution in [-0.4, -0.2) is 12.1 Å². The lowest BCUT2D eigenvalue weighted by atomic mass is 9.69. The molecule has 1 spiro atoms. The number of carbonyl (C=O) groups excluding carboxylic acids is 1. The summed E-state index contributed by atoms with van der Waals surface area (Å²) in [4.78, 5) is 12.7. The second-order valence-electron chi connectivity index (χ2n) is 7.05. The first kappa shape index (κ1) is 14.5. The minimum atomic E-state index is -0.828. The van der Waals surface area contributed by atoms with Crippen molar-refractivity contribution in [2.45, 2.75) is 25.6 Å². The maximum Gasteiger partial charge on any atom is 0.339 e. The minimum absolute atomic E-state index is 0.0830. The van der Waals surface area contributed by atoms with E-state index in [-0.39, 0.29) is 18.0 Å². The van der Waals surface area contributed by atoms with Gasteiger partial charge in [0.25, 0.3) is 0 Å². The number of aryl methyl sites for hydroxylation is 1. The minimum Gasteiger partial charge on any atom is -0.485 e. The van der Waals surface area contributed by atoms with E-state index in [4.69, 9.17) is 9.47 Å². The smallest absolute Gasteiger partial charge is 0.339 e. The zero-order chi connectivity index (χ0) is 17.2. The second kappa shape index (κ2) is 4.85. The fourth-order valence-electron chi connectivity index (χ4n) is 4.31. The van der Waals surface area contributed by atoms with Crippen molar-refractivity contribution in [2.24, 2.45) is 5.92 Å². The molecule has 2 heterocycles. The molecule has 2 aromatic carbocycles. The van der Waals surface area contributed by atoms with Crippen LogP contribution in [0.3, 0.4) is 0 Å². The third kappa shape index (κ3) is 1.84. The highest BCUT2D eigenvalue weighted by Gasteiger charge is 2.58. The van der Waals surface area contributed by atoms with E-state index in [1.54, 1.807) is 0 Å². The lowest BCUT2D eigenvalue weighted by Gasteiger charge is -2.45. The largest absolute Gasteiger partial charge is 0.485 e. The molecule has 3 atom stereocenters. The quantitative estimate of drug-likeness (QED) is 0.676. The average molecular weight is 330 g/mol. The van der Waals surface area contributed by atoms with E-state index in [2.05, 4.69) is 25.2 Å².